The number of aliphatic carboxylic acids is 1. The summed E-state index contributed by atoms with van der Waals surface area (Å²) in [5.41, 5.74) is 0. The van der Waals surface area contributed by atoms with Crippen LogP contribution in [-0.2, 0) is 14.3 Å². The average molecular weight is 258 g/mol. The predicted molar refractivity (Wildman–Crippen MR) is 61.1 cm³/mol. The monoisotopic (exact) mass is 258 g/mol. The van der Waals surface area contributed by atoms with E-state index < -0.39 is 17.8 Å². The zero-order chi connectivity index (χ0) is 13.2. The molecule has 7 nitrogen and oxygen atoms in total. The van der Waals surface area contributed by atoms with Crippen LogP contribution in [0.25, 0.3) is 0 Å². The molecule has 18 heavy (non-hydrogen) atoms. The van der Waals surface area contributed by atoms with Gasteiger partial charge in [-0.05, 0) is 6.92 Å². The molecule has 2 N–H and O–H groups in total. The van der Waals surface area contributed by atoms with E-state index in [-0.39, 0.29) is 6.03 Å². The summed E-state index contributed by atoms with van der Waals surface area (Å²) in [5.74, 6) is -1.56. The van der Waals surface area contributed by atoms with Gasteiger partial charge in [0.15, 0.2) is 5.79 Å². The third-order valence-corrected chi connectivity index (χ3v) is 3.34. The van der Waals surface area contributed by atoms with Crippen molar-refractivity contribution in [3.63, 3.8) is 0 Å². The Morgan fingerprint density at radius 3 is 2.33 bits per heavy atom. The van der Waals surface area contributed by atoms with Crippen LogP contribution < -0.4 is 5.32 Å². The van der Waals surface area contributed by atoms with Crippen molar-refractivity contribution in [2.75, 3.05) is 26.3 Å². The van der Waals surface area contributed by atoms with Crippen LogP contribution in [0.2, 0.25) is 0 Å². The molecule has 0 saturated carbocycles. The highest BCUT2D eigenvalue weighted by atomic mass is 16.7. The van der Waals surface area contributed by atoms with Gasteiger partial charge in [-0.1, -0.05) is 0 Å². The van der Waals surface area contributed by atoms with Crippen LogP contribution >= 0.6 is 0 Å². The lowest BCUT2D eigenvalue weighted by Gasteiger charge is -2.37. The summed E-state index contributed by atoms with van der Waals surface area (Å²) in [7, 11) is 0. The van der Waals surface area contributed by atoms with Crippen molar-refractivity contribution in [3.05, 3.63) is 0 Å². The zero-order valence-corrected chi connectivity index (χ0v) is 10.3. The third-order valence-electron chi connectivity index (χ3n) is 3.34. The van der Waals surface area contributed by atoms with Crippen LogP contribution in [0.5, 0.6) is 0 Å². The fraction of sp³-hybridized carbons (Fsp3) is 0.818. The molecule has 1 atom stereocenters. The second-order valence-corrected chi connectivity index (χ2v) is 4.60. The molecule has 2 aliphatic heterocycles. The first-order valence-electron chi connectivity index (χ1n) is 6.09. The predicted octanol–water partition coefficient (Wildman–Crippen LogP) is 0.00800. The number of carbonyl (C=O) groups excluding carboxylic acids is 1. The third kappa shape index (κ3) is 2.73. The van der Waals surface area contributed by atoms with Crippen LogP contribution in [0, 0.1) is 0 Å². The normalized spacial score (nSPS) is 23.9. The van der Waals surface area contributed by atoms with E-state index >= 15 is 0 Å². The fourth-order valence-electron chi connectivity index (χ4n) is 2.17. The van der Waals surface area contributed by atoms with E-state index in [1.54, 1.807) is 4.90 Å². The highest BCUT2D eigenvalue weighted by molar-refractivity contribution is 5.82. The lowest BCUT2D eigenvalue weighted by molar-refractivity contribution is -0.181. The van der Waals surface area contributed by atoms with E-state index in [0.717, 1.165) is 0 Å². The molecule has 102 valence electrons. The Hall–Kier alpha value is -1.34. The van der Waals surface area contributed by atoms with Crippen molar-refractivity contribution in [2.24, 2.45) is 0 Å². The van der Waals surface area contributed by atoms with Gasteiger partial charge in [-0.25, -0.2) is 4.79 Å². The molecule has 0 radical (unpaired) electrons. The van der Waals surface area contributed by atoms with Gasteiger partial charge in [0.1, 0.15) is 6.04 Å². The molecule has 1 spiro atoms. The molecule has 7 heteroatoms. The number of likely N-dealkylation sites (tertiary alicyclic amines) is 1. The summed E-state index contributed by atoms with van der Waals surface area (Å²) in [6, 6.07) is -1.23. The molecule has 2 fully saturated rings. The number of hydrogen-bond acceptors (Lipinski definition) is 4. The van der Waals surface area contributed by atoms with Gasteiger partial charge in [0.05, 0.1) is 13.2 Å². The number of carboxylic acid groups (broad SMARTS) is 1. The summed E-state index contributed by atoms with van der Waals surface area (Å²) in [6.45, 7) is 3.66. The number of piperidine rings is 1. The number of rotatable bonds is 2. The Labute approximate surface area is 105 Å². The number of nitrogens with zero attached hydrogens (tertiary/aromatic N) is 1. The maximum absolute atomic E-state index is 11.8. The highest BCUT2D eigenvalue weighted by Crippen LogP contribution is 2.31. The summed E-state index contributed by atoms with van der Waals surface area (Å²) < 4.78 is 11.1. The van der Waals surface area contributed by atoms with Crippen molar-refractivity contribution < 1.29 is 24.2 Å². The maximum atomic E-state index is 11.8. The lowest BCUT2D eigenvalue weighted by atomic mass is 10.0. The smallest absolute Gasteiger partial charge is 0.325 e. The van der Waals surface area contributed by atoms with Crippen LogP contribution in [0.4, 0.5) is 4.79 Å². The van der Waals surface area contributed by atoms with E-state index in [1.165, 1.54) is 6.92 Å². The van der Waals surface area contributed by atoms with Crippen molar-refractivity contribution in [3.8, 4) is 0 Å². The Kier molecular flexibility index (Phi) is 3.72. The first-order valence-corrected chi connectivity index (χ1v) is 6.09. The molecule has 0 aliphatic carbocycles. The van der Waals surface area contributed by atoms with Crippen LogP contribution in [0.1, 0.15) is 19.8 Å². The van der Waals surface area contributed by atoms with Crippen molar-refractivity contribution in [2.45, 2.75) is 31.6 Å². The Balaban J connectivity index is 1.82. The first kappa shape index (κ1) is 13.1. The second kappa shape index (κ2) is 5.11. The van der Waals surface area contributed by atoms with E-state index in [2.05, 4.69) is 5.32 Å². The van der Waals surface area contributed by atoms with Gasteiger partial charge in [-0.15, -0.1) is 0 Å². The Morgan fingerprint density at radius 1 is 1.28 bits per heavy atom. The minimum absolute atomic E-state index is 0.349. The molecule has 2 rings (SSSR count). The van der Waals surface area contributed by atoms with Gasteiger partial charge in [-0.3, -0.25) is 4.79 Å². The number of carbonyl (C=O) groups is 2. The number of carboxylic acids is 1. The number of amides is 2. The maximum Gasteiger partial charge on any atom is 0.325 e. The number of urea groups is 1. The van der Waals surface area contributed by atoms with Gasteiger partial charge in [0.2, 0.25) is 0 Å². The topological polar surface area (TPSA) is 88.1 Å². The summed E-state index contributed by atoms with van der Waals surface area (Å²) in [6.07, 6.45) is 1.25. The SMILES string of the molecule is C[C@H](NC(=O)N1CCC2(CC1)OCCO2)C(=O)O. The van der Waals surface area contributed by atoms with Gasteiger partial charge >= 0.3 is 12.0 Å². The molecule has 0 aromatic rings. The number of nitrogens with one attached hydrogen (secondary N) is 1. The number of ether oxygens (including phenoxy) is 2. The number of hydrogen-bond donors (Lipinski definition) is 2. The lowest BCUT2D eigenvalue weighted by Crippen LogP contribution is -2.52. The average Bonchev–Trinajstić information content (AvgIpc) is 2.78. The molecule has 2 aliphatic rings. The largest absolute Gasteiger partial charge is 0.480 e. The molecule has 2 heterocycles. The molecule has 2 saturated heterocycles. The summed E-state index contributed by atoms with van der Waals surface area (Å²) in [4.78, 5) is 24.0. The van der Waals surface area contributed by atoms with Crippen molar-refractivity contribution >= 4 is 12.0 Å². The molecule has 0 unspecified atom stereocenters. The van der Waals surface area contributed by atoms with E-state index in [0.29, 0.717) is 39.1 Å². The summed E-state index contributed by atoms with van der Waals surface area (Å²) >= 11 is 0. The van der Waals surface area contributed by atoms with E-state index in [4.69, 9.17) is 14.6 Å². The molecular formula is C11H18N2O5. The van der Waals surface area contributed by atoms with E-state index in [9.17, 15) is 9.59 Å². The van der Waals surface area contributed by atoms with Crippen LogP contribution in [0.3, 0.4) is 0 Å². The highest BCUT2D eigenvalue weighted by Gasteiger charge is 2.40. The molecular weight excluding hydrogens is 240 g/mol. The minimum atomic E-state index is -1.04. The molecule has 0 bridgehead atoms. The minimum Gasteiger partial charge on any atom is -0.480 e. The second-order valence-electron chi connectivity index (χ2n) is 4.60. The zero-order valence-electron chi connectivity index (χ0n) is 10.3. The van der Waals surface area contributed by atoms with Gasteiger partial charge in [-0.2, -0.15) is 0 Å². The Morgan fingerprint density at radius 2 is 1.83 bits per heavy atom. The fourth-order valence-corrected chi connectivity index (χ4v) is 2.17. The quantitative estimate of drug-likeness (QED) is 0.728. The molecule has 0 aromatic carbocycles. The van der Waals surface area contributed by atoms with Crippen molar-refractivity contribution in [1.29, 1.82) is 0 Å². The van der Waals surface area contributed by atoms with Gasteiger partial charge in [0.25, 0.3) is 0 Å². The van der Waals surface area contributed by atoms with Gasteiger partial charge < -0.3 is 24.8 Å². The molecule has 2 amide bonds. The van der Waals surface area contributed by atoms with Crippen LogP contribution in [-0.4, -0.2) is 60.1 Å². The summed E-state index contributed by atoms with van der Waals surface area (Å²) in [5, 5.41) is 11.2. The van der Waals surface area contributed by atoms with Crippen LogP contribution in [0.15, 0.2) is 0 Å². The van der Waals surface area contributed by atoms with E-state index in [1.807, 2.05) is 0 Å². The van der Waals surface area contributed by atoms with Gasteiger partial charge in [0, 0.05) is 25.9 Å². The standard InChI is InChI=1S/C11H18N2O5/c1-8(9(14)15)12-10(16)13-4-2-11(3-5-13)17-6-7-18-11/h8H,2-7H2,1H3,(H,12,16)(H,14,15)/t8-/m0/s1. The Bertz CT molecular complexity index is 330. The van der Waals surface area contributed by atoms with Crippen molar-refractivity contribution in [1.82, 2.24) is 10.2 Å². The first-order chi connectivity index (χ1) is 8.52. The molecule has 0 aromatic heterocycles.